The highest BCUT2D eigenvalue weighted by molar-refractivity contribution is 6.29. The van der Waals surface area contributed by atoms with Crippen LogP contribution in [0.5, 0.6) is 0 Å². The molecule has 2 heterocycles. The zero-order valence-electron chi connectivity index (χ0n) is 12.7. The Morgan fingerprint density at radius 3 is 3.00 bits per heavy atom. The smallest absolute Gasteiger partial charge is 0.251 e. The summed E-state index contributed by atoms with van der Waals surface area (Å²) in [7, 11) is 2.11. The van der Waals surface area contributed by atoms with E-state index in [-0.39, 0.29) is 5.91 Å². The van der Waals surface area contributed by atoms with Gasteiger partial charge in [-0.3, -0.25) is 4.79 Å². The van der Waals surface area contributed by atoms with Gasteiger partial charge in [0, 0.05) is 24.7 Å². The number of nitrogens with one attached hydrogen (secondary N) is 2. The van der Waals surface area contributed by atoms with Crippen LogP contribution in [0.15, 0.2) is 12.1 Å². The molecule has 21 heavy (non-hydrogen) atoms. The number of aromatic nitrogens is 1. The molecule has 0 aromatic carbocycles. The standard InChI is InChI=1S/C15H23ClN4O/c1-3-17-14-9-11(8-13(16)19-14)15(21)18-10-12-6-4-5-7-20(12)2/h8-9,12H,3-7,10H2,1-2H3,(H,17,19)(H,18,21). The van der Waals surface area contributed by atoms with Gasteiger partial charge in [0.15, 0.2) is 0 Å². The average molecular weight is 311 g/mol. The van der Waals surface area contributed by atoms with Crippen molar-refractivity contribution >= 4 is 23.3 Å². The molecule has 1 unspecified atom stereocenters. The Morgan fingerprint density at radius 1 is 1.48 bits per heavy atom. The maximum absolute atomic E-state index is 12.3. The van der Waals surface area contributed by atoms with Crippen molar-refractivity contribution in [2.24, 2.45) is 0 Å². The zero-order valence-corrected chi connectivity index (χ0v) is 13.4. The summed E-state index contributed by atoms with van der Waals surface area (Å²) in [5, 5.41) is 6.40. The van der Waals surface area contributed by atoms with Crippen LogP contribution in [0.3, 0.4) is 0 Å². The maximum Gasteiger partial charge on any atom is 0.251 e. The molecule has 0 aliphatic carbocycles. The average Bonchev–Trinajstić information content (AvgIpc) is 2.46. The molecule has 1 aliphatic rings. The van der Waals surface area contributed by atoms with Crippen molar-refractivity contribution < 1.29 is 4.79 Å². The molecule has 2 N–H and O–H groups in total. The molecule has 1 fully saturated rings. The fraction of sp³-hybridized carbons (Fsp3) is 0.600. The first-order valence-electron chi connectivity index (χ1n) is 7.50. The fourth-order valence-corrected chi connectivity index (χ4v) is 2.82. The lowest BCUT2D eigenvalue weighted by Crippen LogP contribution is -2.44. The lowest BCUT2D eigenvalue weighted by molar-refractivity contribution is 0.0928. The van der Waals surface area contributed by atoms with Gasteiger partial charge in [-0.2, -0.15) is 0 Å². The van der Waals surface area contributed by atoms with Gasteiger partial charge in [-0.25, -0.2) is 4.98 Å². The summed E-state index contributed by atoms with van der Waals surface area (Å²) in [6.07, 6.45) is 3.61. The number of piperidine rings is 1. The summed E-state index contributed by atoms with van der Waals surface area (Å²) in [4.78, 5) is 18.7. The van der Waals surface area contributed by atoms with E-state index in [0.717, 1.165) is 19.5 Å². The molecule has 1 aliphatic heterocycles. The molecule has 1 atom stereocenters. The van der Waals surface area contributed by atoms with Crippen LogP contribution < -0.4 is 10.6 Å². The Hall–Kier alpha value is -1.33. The number of pyridine rings is 1. The van der Waals surface area contributed by atoms with Crippen LogP contribution >= 0.6 is 11.6 Å². The molecule has 5 nitrogen and oxygen atoms in total. The maximum atomic E-state index is 12.3. The normalized spacial score (nSPS) is 19.3. The van der Waals surface area contributed by atoms with Gasteiger partial charge in [0.2, 0.25) is 0 Å². The van der Waals surface area contributed by atoms with Gasteiger partial charge >= 0.3 is 0 Å². The van der Waals surface area contributed by atoms with Crippen molar-refractivity contribution in [1.82, 2.24) is 15.2 Å². The molecular weight excluding hydrogens is 288 g/mol. The van der Waals surface area contributed by atoms with Gasteiger partial charge in [-0.05, 0) is 45.5 Å². The van der Waals surface area contributed by atoms with Crippen molar-refractivity contribution in [3.63, 3.8) is 0 Å². The number of likely N-dealkylation sites (N-methyl/N-ethyl adjacent to an activating group) is 1. The summed E-state index contributed by atoms with van der Waals surface area (Å²) in [5.74, 6) is 0.530. The van der Waals surface area contributed by atoms with Gasteiger partial charge < -0.3 is 15.5 Å². The largest absolute Gasteiger partial charge is 0.370 e. The van der Waals surface area contributed by atoms with Gasteiger partial charge in [-0.15, -0.1) is 0 Å². The SMILES string of the molecule is CCNc1cc(C(=O)NCC2CCCCN2C)cc(Cl)n1. The lowest BCUT2D eigenvalue weighted by Gasteiger charge is -2.32. The minimum atomic E-state index is -0.0996. The Morgan fingerprint density at radius 2 is 2.29 bits per heavy atom. The first-order valence-corrected chi connectivity index (χ1v) is 7.88. The third-order valence-electron chi connectivity index (χ3n) is 3.83. The molecular formula is C15H23ClN4O. The summed E-state index contributed by atoms with van der Waals surface area (Å²) in [6.45, 7) is 4.49. The molecule has 1 amide bonds. The third kappa shape index (κ3) is 4.58. The summed E-state index contributed by atoms with van der Waals surface area (Å²) >= 11 is 5.96. The molecule has 2 rings (SSSR count). The molecule has 1 aromatic rings. The number of hydrogen-bond acceptors (Lipinski definition) is 4. The van der Waals surface area contributed by atoms with Crippen molar-refractivity contribution in [2.75, 3.05) is 32.0 Å². The Kier molecular flexibility index (Phi) is 5.82. The number of hydrogen-bond donors (Lipinski definition) is 2. The first-order chi connectivity index (χ1) is 10.1. The molecule has 0 radical (unpaired) electrons. The van der Waals surface area contributed by atoms with Crippen LogP contribution in [0.1, 0.15) is 36.5 Å². The quantitative estimate of drug-likeness (QED) is 0.820. The molecule has 1 aromatic heterocycles. The Balaban J connectivity index is 1.96. The van der Waals surface area contributed by atoms with E-state index in [1.165, 1.54) is 12.8 Å². The number of nitrogens with zero attached hydrogens (tertiary/aromatic N) is 2. The Labute approximate surface area is 131 Å². The van der Waals surface area contributed by atoms with Crippen molar-refractivity contribution in [1.29, 1.82) is 0 Å². The summed E-state index contributed by atoms with van der Waals surface area (Å²) in [6, 6.07) is 3.76. The van der Waals surface area contributed by atoms with Gasteiger partial charge in [-0.1, -0.05) is 18.0 Å². The second-order valence-corrected chi connectivity index (χ2v) is 5.82. The van der Waals surface area contributed by atoms with Crippen LogP contribution in [0, 0.1) is 0 Å². The van der Waals surface area contributed by atoms with Crippen molar-refractivity contribution in [2.45, 2.75) is 32.2 Å². The third-order valence-corrected chi connectivity index (χ3v) is 4.03. The number of likely N-dealkylation sites (tertiary alicyclic amines) is 1. The molecule has 6 heteroatoms. The van der Waals surface area contributed by atoms with Crippen molar-refractivity contribution in [3.8, 4) is 0 Å². The Bertz CT molecular complexity index is 495. The predicted octanol–water partition coefficient (Wildman–Crippen LogP) is 2.38. The highest BCUT2D eigenvalue weighted by atomic mass is 35.5. The molecule has 0 spiro atoms. The minimum absolute atomic E-state index is 0.0996. The van der Waals surface area contributed by atoms with E-state index in [4.69, 9.17) is 11.6 Å². The van der Waals surface area contributed by atoms with Crippen LogP contribution in [-0.4, -0.2) is 48.5 Å². The highest BCUT2D eigenvalue weighted by Crippen LogP contribution is 2.16. The van der Waals surface area contributed by atoms with Gasteiger partial charge in [0.1, 0.15) is 11.0 Å². The zero-order chi connectivity index (χ0) is 15.2. The van der Waals surface area contributed by atoms with E-state index >= 15 is 0 Å². The van der Waals surface area contributed by atoms with E-state index < -0.39 is 0 Å². The van der Waals surface area contributed by atoms with E-state index in [9.17, 15) is 4.79 Å². The van der Waals surface area contributed by atoms with Crippen LogP contribution in [-0.2, 0) is 0 Å². The van der Waals surface area contributed by atoms with Crippen LogP contribution in [0.4, 0.5) is 5.82 Å². The predicted molar refractivity (Wildman–Crippen MR) is 86.0 cm³/mol. The van der Waals surface area contributed by atoms with E-state index in [1.807, 2.05) is 6.92 Å². The topological polar surface area (TPSA) is 57.3 Å². The number of anilines is 1. The molecule has 0 bridgehead atoms. The second-order valence-electron chi connectivity index (χ2n) is 5.43. The van der Waals surface area contributed by atoms with Crippen LogP contribution in [0.2, 0.25) is 5.15 Å². The molecule has 0 saturated carbocycles. The second kappa shape index (κ2) is 7.61. The van der Waals surface area contributed by atoms with E-state index in [0.29, 0.717) is 29.1 Å². The highest BCUT2D eigenvalue weighted by Gasteiger charge is 2.19. The number of amides is 1. The summed E-state index contributed by atoms with van der Waals surface area (Å²) in [5.41, 5.74) is 0.546. The number of carbonyl (C=O) groups excluding carboxylic acids is 1. The first kappa shape index (κ1) is 16.0. The van der Waals surface area contributed by atoms with Gasteiger partial charge in [0.25, 0.3) is 5.91 Å². The lowest BCUT2D eigenvalue weighted by atomic mass is 10.0. The van der Waals surface area contributed by atoms with E-state index in [2.05, 4.69) is 27.6 Å². The van der Waals surface area contributed by atoms with Gasteiger partial charge in [0.05, 0.1) is 0 Å². The molecule has 116 valence electrons. The molecule has 1 saturated heterocycles. The fourth-order valence-electron chi connectivity index (χ4n) is 2.61. The monoisotopic (exact) mass is 310 g/mol. The van der Waals surface area contributed by atoms with Crippen LogP contribution in [0.25, 0.3) is 0 Å². The number of halogens is 1. The number of rotatable bonds is 5. The van der Waals surface area contributed by atoms with Crippen molar-refractivity contribution in [3.05, 3.63) is 22.8 Å². The summed E-state index contributed by atoms with van der Waals surface area (Å²) < 4.78 is 0. The van der Waals surface area contributed by atoms with E-state index in [1.54, 1.807) is 12.1 Å². The number of carbonyl (C=O) groups is 1. The minimum Gasteiger partial charge on any atom is -0.370 e.